The summed E-state index contributed by atoms with van der Waals surface area (Å²) in [5.74, 6) is 0.491. The molecular formula is C25H21ClN2O4S. The lowest BCUT2D eigenvalue weighted by Gasteiger charge is -2.08. The molecule has 6 nitrogen and oxygen atoms in total. The minimum Gasteiger partial charge on any atom is -0.465 e. The molecule has 4 aromatic rings. The average molecular weight is 481 g/mol. The van der Waals surface area contributed by atoms with E-state index in [1.165, 1.54) is 11.3 Å². The molecule has 0 bridgehead atoms. The van der Waals surface area contributed by atoms with Crippen LogP contribution in [0, 0.1) is 6.92 Å². The minimum absolute atomic E-state index is 0.0645. The van der Waals surface area contributed by atoms with Crippen molar-refractivity contribution in [1.29, 1.82) is 0 Å². The fraction of sp³-hybridized carbons (Fsp3) is 0.160. The second kappa shape index (κ2) is 10.0. The van der Waals surface area contributed by atoms with Gasteiger partial charge < -0.3 is 14.0 Å². The Labute approximate surface area is 199 Å². The number of carbonyl (C=O) groups is 2. The van der Waals surface area contributed by atoms with Crippen LogP contribution in [-0.2, 0) is 16.1 Å². The van der Waals surface area contributed by atoms with E-state index in [1.54, 1.807) is 41.8 Å². The van der Waals surface area contributed by atoms with E-state index in [1.807, 2.05) is 43.3 Å². The second-order valence-corrected chi connectivity index (χ2v) is 8.57. The fourth-order valence-electron chi connectivity index (χ4n) is 3.32. The van der Waals surface area contributed by atoms with Gasteiger partial charge in [-0.15, -0.1) is 0 Å². The van der Waals surface area contributed by atoms with E-state index in [0.29, 0.717) is 26.9 Å². The van der Waals surface area contributed by atoms with Crippen molar-refractivity contribution in [3.05, 3.63) is 87.7 Å². The van der Waals surface area contributed by atoms with Crippen molar-refractivity contribution in [2.45, 2.75) is 20.4 Å². The van der Waals surface area contributed by atoms with Crippen LogP contribution in [-0.4, -0.2) is 23.1 Å². The SMILES string of the molecule is CCOC(=O)Cn1c(=NC(=O)c2ccc(Oc3ccccc3)cc2)sc2ccc(Cl)c(C)c21. The van der Waals surface area contributed by atoms with Crippen LogP contribution in [0.3, 0.4) is 0 Å². The summed E-state index contributed by atoms with van der Waals surface area (Å²) in [7, 11) is 0. The number of fused-ring (bicyclic) bond motifs is 1. The van der Waals surface area contributed by atoms with Crippen LogP contribution in [0.5, 0.6) is 11.5 Å². The molecule has 0 aliphatic heterocycles. The number of ether oxygens (including phenoxy) is 2. The molecule has 0 aliphatic rings. The molecule has 3 aromatic carbocycles. The highest BCUT2D eigenvalue weighted by molar-refractivity contribution is 7.16. The third-order valence-electron chi connectivity index (χ3n) is 4.90. The molecular weight excluding hydrogens is 460 g/mol. The maximum atomic E-state index is 12.9. The van der Waals surface area contributed by atoms with Crippen molar-refractivity contribution in [1.82, 2.24) is 4.57 Å². The van der Waals surface area contributed by atoms with E-state index < -0.39 is 11.9 Å². The van der Waals surface area contributed by atoms with Crippen LogP contribution in [0.1, 0.15) is 22.8 Å². The summed E-state index contributed by atoms with van der Waals surface area (Å²) in [6.07, 6.45) is 0. The van der Waals surface area contributed by atoms with E-state index >= 15 is 0 Å². The van der Waals surface area contributed by atoms with Gasteiger partial charge in [-0.05, 0) is 67.9 Å². The Morgan fingerprint density at radius 2 is 1.70 bits per heavy atom. The number of esters is 1. The second-order valence-electron chi connectivity index (χ2n) is 7.15. The molecule has 0 saturated heterocycles. The fourth-order valence-corrected chi connectivity index (χ4v) is 4.56. The van der Waals surface area contributed by atoms with Crippen LogP contribution in [0.2, 0.25) is 5.02 Å². The summed E-state index contributed by atoms with van der Waals surface area (Å²) in [5.41, 5.74) is 1.98. The molecule has 8 heteroatoms. The Kier molecular flexibility index (Phi) is 6.91. The van der Waals surface area contributed by atoms with Crippen molar-refractivity contribution < 1.29 is 19.1 Å². The van der Waals surface area contributed by atoms with Gasteiger partial charge in [-0.3, -0.25) is 9.59 Å². The lowest BCUT2D eigenvalue weighted by Crippen LogP contribution is -2.23. The van der Waals surface area contributed by atoms with Crippen LogP contribution in [0.25, 0.3) is 10.2 Å². The predicted octanol–water partition coefficient (Wildman–Crippen LogP) is 5.76. The van der Waals surface area contributed by atoms with Gasteiger partial charge in [-0.1, -0.05) is 41.1 Å². The van der Waals surface area contributed by atoms with Crippen molar-refractivity contribution in [2.75, 3.05) is 6.61 Å². The number of halogens is 1. The molecule has 0 spiro atoms. The van der Waals surface area contributed by atoms with E-state index in [4.69, 9.17) is 21.1 Å². The first-order valence-corrected chi connectivity index (χ1v) is 11.5. The minimum atomic E-state index is -0.422. The van der Waals surface area contributed by atoms with Crippen LogP contribution < -0.4 is 9.54 Å². The number of hydrogen-bond donors (Lipinski definition) is 0. The summed E-state index contributed by atoms with van der Waals surface area (Å²) in [6, 6.07) is 19.8. The van der Waals surface area contributed by atoms with Crippen LogP contribution >= 0.6 is 22.9 Å². The van der Waals surface area contributed by atoms with Crippen LogP contribution in [0.15, 0.2) is 71.7 Å². The Bertz CT molecular complexity index is 1380. The molecule has 1 aromatic heterocycles. The normalized spacial score (nSPS) is 11.5. The van der Waals surface area contributed by atoms with E-state index in [9.17, 15) is 9.59 Å². The van der Waals surface area contributed by atoms with E-state index in [0.717, 1.165) is 15.8 Å². The van der Waals surface area contributed by atoms with Crippen molar-refractivity contribution in [2.24, 2.45) is 4.99 Å². The molecule has 0 fully saturated rings. The van der Waals surface area contributed by atoms with E-state index in [2.05, 4.69) is 4.99 Å². The Morgan fingerprint density at radius 3 is 2.39 bits per heavy atom. The van der Waals surface area contributed by atoms with Gasteiger partial charge >= 0.3 is 5.97 Å². The monoisotopic (exact) mass is 480 g/mol. The molecule has 0 unspecified atom stereocenters. The summed E-state index contributed by atoms with van der Waals surface area (Å²) in [6.45, 7) is 3.82. The predicted molar refractivity (Wildman–Crippen MR) is 129 cm³/mol. The maximum absolute atomic E-state index is 12.9. The molecule has 0 aliphatic carbocycles. The van der Waals surface area contributed by atoms with E-state index in [-0.39, 0.29) is 13.2 Å². The first-order chi connectivity index (χ1) is 16.0. The number of benzene rings is 3. The van der Waals surface area contributed by atoms with Crippen molar-refractivity contribution >= 4 is 45.0 Å². The quantitative estimate of drug-likeness (QED) is 0.329. The third kappa shape index (κ3) is 5.16. The lowest BCUT2D eigenvalue weighted by molar-refractivity contribution is -0.143. The number of thiazole rings is 1. The third-order valence-corrected chi connectivity index (χ3v) is 6.35. The molecule has 0 atom stereocenters. The molecule has 168 valence electrons. The molecule has 4 rings (SSSR count). The maximum Gasteiger partial charge on any atom is 0.326 e. The number of rotatable bonds is 6. The molecule has 1 amide bonds. The molecule has 33 heavy (non-hydrogen) atoms. The van der Waals surface area contributed by atoms with Crippen molar-refractivity contribution in [3.63, 3.8) is 0 Å². The number of carbonyl (C=O) groups excluding carboxylic acids is 2. The number of aromatic nitrogens is 1. The number of aryl methyl sites for hydroxylation is 1. The summed E-state index contributed by atoms with van der Waals surface area (Å²) in [4.78, 5) is 29.9. The van der Waals surface area contributed by atoms with Gasteiger partial charge in [0.15, 0.2) is 4.80 Å². The summed E-state index contributed by atoms with van der Waals surface area (Å²) >= 11 is 7.63. The van der Waals surface area contributed by atoms with Crippen molar-refractivity contribution in [3.8, 4) is 11.5 Å². The Hall–Kier alpha value is -3.42. The Morgan fingerprint density at radius 1 is 1.00 bits per heavy atom. The largest absolute Gasteiger partial charge is 0.465 e. The Balaban J connectivity index is 1.68. The summed E-state index contributed by atoms with van der Waals surface area (Å²) in [5, 5.41) is 0.574. The number of hydrogen-bond acceptors (Lipinski definition) is 5. The summed E-state index contributed by atoms with van der Waals surface area (Å²) < 4.78 is 13.4. The first kappa shape index (κ1) is 22.8. The number of amides is 1. The molecule has 1 heterocycles. The van der Waals surface area contributed by atoms with Gasteiger partial charge in [0.2, 0.25) is 0 Å². The average Bonchev–Trinajstić information content (AvgIpc) is 3.15. The zero-order valence-electron chi connectivity index (χ0n) is 18.1. The highest BCUT2D eigenvalue weighted by Crippen LogP contribution is 2.27. The lowest BCUT2D eigenvalue weighted by atomic mass is 10.2. The topological polar surface area (TPSA) is 69.9 Å². The first-order valence-electron chi connectivity index (χ1n) is 10.3. The molecule has 0 radical (unpaired) electrons. The van der Waals surface area contributed by atoms with Gasteiger partial charge in [-0.25, -0.2) is 0 Å². The number of nitrogens with zero attached hydrogens (tertiary/aromatic N) is 2. The molecule has 0 saturated carbocycles. The van der Waals surface area contributed by atoms with Gasteiger partial charge in [0.05, 0.1) is 16.8 Å². The highest BCUT2D eigenvalue weighted by Gasteiger charge is 2.16. The smallest absolute Gasteiger partial charge is 0.326 e. The van der Waals surface area contributed by atoms with Gasteiger partial charge in [-0.2, -0.15) is 4.99 Å². The highest BCUT2D eigenvalue weighted by atomic mass is 35.5. The van der Waals surface area contributed by atoms with Crippen LogP contribution in [0.4, 0.5) is 0 Å². The van der Waals surface area contributed by atoms with Gasteiger partial charge in [0.25, 0.3) is 5.91 Å². The van der Waals surface area contributed by atoms with Gasteiger partial charge in [0, 0.05) is 10.6 Å². The number of para-hydroxylation sites is 1. The molecule has 0 N–H and O–H groups in total. The van der Waals surface area contributed by atoms with Gasteiger partial charge in [0.1, 0.15) is 18.0 Å². The zero-order valence-corrected chi connectivity index (χ0v) is 19.7. The zero-order chi connectivity index (χ0) is 23.4. The standard InChI is InChI=1S/C25H21ClN2O4S/c1-3-31-22(29)15-28-23-16(2)20(26)13-14-21(23)33-25(28)27-24(30)17-9-11-19(12-10-17)32-18-7-5-4-6-8-18/h4-14H,3,15H2,1-2H3.